The first-order chi connectivity index (χ1) is 5.70. The van der Waals surface area contributed by atoms with Gasteiger partial charge < -0.3 is 9.68 Å². The molecule has 0 rings (SSSR count). The summed E-state index contributed by atoms with van der Waals surface area (Å²) in [5.41, 5.74) is 0. The Morgan fingerprint density at radius 2 is 1.57 bits per heavy atom. The molecule has 0 aliphatic carbocycles. The largest absolute Gasteiger partial charge is 0.589 e. The molecule has 0 aromatic carbocycles. The molecule has 0 atom stereocenters. The Morgan fingerprint density at radius 3 is 2.00 bits per heavy atom. The van der Waals surface area contributed by atoms with E-state index < -0.39 is 12.3 Å². The van der Waals surface area contributed by atoms with Crippen molar-refractivity contribution in [3.05, 3.63) is 0 Å². The molecule has 0 radical (unpaired) electrons. The first-order valence-corrected chi connectivity index (χ1v) is 2.15. The molecule has 0 aliphatic rings. The van der Waals surface area contributed by atoms with Gasteiger partial charge in [0.25, 0.3) is 0 Å². The van der Waals surface area contributed by atoms with Gasteiger partial charge in [-0.2, -0.15) is 24.6 Å². The van der Waals surface area contributed by atoms with Crippen LogP contribution in [0.5, 0.6) is 0 Å². The molecule has 0 aromatic rings. The molecule has 0 fully saturated rings. The summed E-state index contributed by atoms with van der Waals surface area (Å²) in [4.78, 5) is 45.5. The maximum Gasteiger partial charge on any atom is 0.589 e. The number of hydrogen-bond donors (Lipinski definition) is 1. The quantitative estimate of drug-likeness (QED) is 0.323. The van der Waals surface area contributed by atoms with Crippen molar-refractivity contribution in [2.24, 2.45) is 0 Å². The summed E-state index contributed by atoms with van der Waals surface area (Å²) in [7, 11) is 0. The van der Waals surface area contributed by atoms with E-state index in [9.17, 15) is 14.4 Å². The molecule has 0 aliphatic heterocycles. The third-order valence-electron chi connectivity index (χ3n) is 0.396. The molecule has 11 heteroatoms. The van der Waals surface area contributed by atoms with Gasteiger partial charge in [0.05, 0.1) is 0 Å². The topological polar surface area (TPSA) is 118 Å². The maximum absolute atomic E-state index is 10.1. The molecular weight excluding hydrogens is 292 g/mol. The Kier molecular flexibility index (Phi) is 16.1. The van der Waals surface area contributed by atoms with Crippen molar-refractivity contribution in [1.29, 1.82) is 0 Å². The van der Waals surface area contributed by atoms with E-state index in [0.29, 0.717) is 6.47 Å². The normalized spacial score (nSPS) is 6.64. The predicted molar refractivity (Wildman–Crippen MR) is 26.7 cm³/mol. The molecule has 0 aromatic heterocycles. The molecule has 0 bridgehead atoms. The third kappa shape index (κ3) is 11.0. The summed E-state index contributed by atoms with van der Waals surface area (Å²) in [5, 5.41) is 7.52. The van der Waals surface area contributed by atoms with Gasteiger partial charge >= 0.3 is 12.3 Å². The predicted octanol–water partition coefficient (Wildman–Crippen LogP) is -0.0794. The summed E-state index contributed by atoms with van der Waals surface area (Å²) in [6, 6.07) is 0. The van der Waals surface area contributed by atoms with Crippen molar-refractivity contribution in [3.8, 4) is 0 Å². The van der Waals surface area contributed by atoms with E-state index in [0.717, 1.165) is 0 Å². The van der Waals surface area contributed by atoms with Crippen LogP contribution < -0.4 is 0 Å². The molecule has 0 unspecified atom stereocenters. The minimum atomic E-state index is -1.71. The second-order valence-electron chi connectivity index (χ2n) is 1.01. The van der Waals surface area contributed by atoms with E-state index in [4.69, 9.17) is 5.26 Å². The van der Waals surface area contributed by atoms with E-state index in [1.807, 2.05) is 0 Å². The molecule has 9 nitrogen and oxygen atoms in total. The summed E-state index contributed by atoms with van der Waals surface area (Å²) in [6.45, 7) is 0.706. The van der Waals surface area contributed by atoms with Crippen LogP contribution in [-0.4, -0.2) is 24.0 Å². The van der Waals surface area contributed by atoms with Gasteiger partial charge in [-0.15, -0.1) is 0 Å². The smallest absolute Gasteiger partial charge is 0.494 e. The van der Waals surface area contributed by atoms with Gasteiger partial charge in [0.1, 0.15) is 0 Å². The molecule has 86 valence electrons. The average Bonchev–Trinajstić information content (AvgIpc) is 2.10. The Labute approximate surface area is 98.8 Å². The molecule has 0 heterocycles. The Balaban J connectivity index is -0.000000202. The summed E-state index contributed by atoms with van der Waals surface area (Å²) in [5.74, 6) is 0. The zero-order valence-corrected chi connectivity index (χ0v) is 8.13. The first-order valence-electron chi connectivity index (χ1n) is 2.15. The van der Waals surface area contributed by atoms with Crippen molar-refractivity contribution in [1.82, 2.24) is 0 Å². The van der Waals surface area contributed by atoms with Crippen molar-refractivity contribution in [2.45, 2.75) is 0 Å². The molecule has 0 amide bonds. The Bertz CT molecular complexity index is 186. The van der Waals surface area contributed by atoms with Crippen LogP contribution in [0.3, 0.4) is 0 Å². The fraction of sp³-hybridized carbons (Fsp3) is 0. The maximum atomic E-state index is 10.1. The summed E-state index contributed by atoms with van der Waals surface area (Å²) >= 11 is 0. The van der Waals surface area contributed by atoms with E-state index in [2.05, 4.69) is 24.4 Å². The molecule has 1 N–H and O–H groups in total. The fourth-order valence-corrected chi connectivity index (χ4v) is 0.148. The summed E-state index contributed by atoms with van der Waals surface area (Å²) < 4.78 is 0. The number of carbonyl (C=O) groups is 2. The van der Waals surface area contributed by atoms with E-state index >= 15 is 0 Å². The number of hydrogen-bond acceptors (Lipinski definition) is 9. The monoisotopic (exact) mass is 296 g/mol. The molecule has 0 saturated carbocycles. The minimum absolute atomic E-state index is 0. The Hall–Kier alpha value is -0.991. The number of rotatable bonds is 2. The van der Waals surface area contributed by atoms with Crippen LogP contribution in [-0.2, 0) is 63.4 Å². The van der Waals surface area contributed by atoms with Crippen LogP contribution in [0.4, 0.5) is 9.59 Å². The average molecular weight is 296 g/mol. The van der Waals surface area contributed by atoms with Gasteiger partial charge in [-0.1, -0.05) is 0 Å². The molecular formula is C3H3Fe2O9-. The standard InChI is InChI=1S/C3HO9.2Fe.H2/c4-1-8-10-3(6)12-11-2(5)9-7;;;/h7H;;;1H/q-1;;;/i;;;1+1. The van der Waals surface area contributed by atoms with Gasteiger partial charge in [0.15, 0.2) is 0 Å². The van der Waals surface area contributed by atoms with Crippen LogP contribution >= 0.6 is 0 Å². The van der Waals surface area contributed by atoms with Gasteiger partial charge in [-0.3, -0.25) is 4.89 Å². The van der Waals surface area contributed by atoms with Crippen LogP contribution in [0.25, 0.3) is 0 Å². The van der Waals surface area contributed by atoms with E-state index in [-0.39, 0.29) is 35.6 Å². The minimum Gasteiger partial charge on any atom is -0.494 e. The van der Waals surface area contributed by atoms with Gasteiger partial charge in [-0.05, 0) is 6.47 Å². The van der Waals surface area contributed by atoms with E-state index in [1.54, 1.807) is 0 Å². The van der Waals surface area contributed by atoms with Crippen molar-refractivity contribution >= 4 is 18.8 Å². The van der Waals surface area contributed by atoms with Crippen LogP contribution in [0, 0.1) is 0 Å². The second-order valence-corrected chi connectivity index (χ2v) is 1.01. The first kappa shape index (κ1) is 18.7. The van der Waals surface area contributed by atoms with E-state index in [1.165, 1.54) is 0 Å². The van der Waals surface area contributed by atoms with Crippen molar-refractivity contribution in [3.63, 3.8) is 0 Å². The SMILES string of the molecule is O=[C-]OOC(=O)OOC(=O)OO.[2HH].[Fe].[Fe]. The van der Waals surface area contributed by atoms with Crippen molar-refractivity contribution in [2.75, 3.05) is 0 Å². The second kappa shape index (κ2) is 12.0. The van der Waals surface area contributed by atoms with Crippen molar-refractivity contribution < 1.29 is 79.6 Å². The third-order valence-corrected chi connectivity index (χ3v) is 0.396. The van der Waals surface area contributed by atoms with Crippen LogP contribution in [0.2, 0.25) is 0 Å². The zero-order valence-electron chi connectivity index (χ0n) is 5.92. The molecule has 0 spiro atoms. The van der Waals surface area contributed by atoms with Gasteiger partial charge in [-0.25, -0.2) is 4.89 Å². The fourth-order valence-electron chi connectivity index (χ4n) is 0.148. The molecule has 14 heavy (non-hydrogen) atoms. The molecule has 0 saturated heterocycles. The number of carbonyl (C=O) groups excluding carboxylic acids is 3. The van der Waals surface area contributed by atoms with Gasteiger partial charge in [0.2, 0.25) is 0 Å². The van der Waals surface area contributed by atoms with Gasteiger partial charge in [0, 0.05) is 35.6 Å². The zero-order chi connectivity index (χ0) is 9.40. The van der Waals surface area contributed by atoms with Crippen LogP contribution in [0.15, 0.2) is 0 Å². The van der Waals surface area contributed by atoms with Crippen LogP contribution in [0.1, 0.15) is 1.43 Å². The Morgan fingerprint density at radius 1 is 1.07 bits per heavy atom. The summed E-state index contributed by atoms with van der Waals surface area (Å²) in [6.07, 6.45) is -3.37.